The first-order chi connectivity index (χ1) is 14.1. The highest BCUT2D eigenvalue weighted by Gasteiger charge is 2.08. The molecule has 0 bridgehead atoms. The molecule has 148 valence electrons. The van der Waals surface area contributed by atoms with E-state index in [9.17, 15) is 9.59 Å². The summed E-state index contributed by atoms with van der Waals surface area (Å²) in [6.07, 6.45) is 1.48. The molecule has 3 rings (SSSR count). The van der Waals surface area contributed by atoms with E-state index in [1.807, 2.05) is 0 Å². The number of carbonyl (C=O) groups excluding carboxylic acids is 2. The van der Waals surface area contributed by atoms with Crippen LogP contribution in [0, 0.1) is 0 Å². The number of esters is 2. The molecule has 2 N–H and O–H groups in total. The van der Waals surface area contributed by atoms with Crippen molar-refractivity contribution in [1.82, 2.24) is 15.2 Å². The van der Waals surface area contributed by atoms with E-state index < -0.39 is 5.97 Å². The molecule has 2 aromatic carbocycles. The summed E-state index contributed by atoms with van der Waals surface area (Å²) >= 11 is 0. The lowest BCUT2D eigenvalue weighted by molar-refractivity contribution is 0.0525. The summed E-state index contributed by atoms with van der Waals surface area (Å²) < 4.78 is 9.63. The molecule has 0 aliphatic heterocycles. The van der Waals surface area contributed by atoms with Crippen LogP contribution in [0.15, 0.2) is 54.7 Å². The molecule has 1 heterocycles. The third kappa shape index (κ3) is 5.25. The Morgan fingerprint density at radius 3 is 2.07 bits per heavy atom. The van der Waals surface area contributed by atoms with E-state index in [2.05, 4.69) is 30.6 Å². The van der Waals surface area contributed by atoms with Gasteiger partial charge in [0.2, 0.25) is 5.95 Å². The van der Waals surface area contributed by atoms with Crippen molar-refractivity contribution in [3.63, 3.8) is 0 Å². The summed E-state index contributed by atoms with van der Waals surface area (Å²) in [5.74, 6) is -0.0244. The predicted molar refractivity (Wildman–Crippen MR) is 107 cm³/mol. The van der Waals surface area contributed by atoms with Crippen LogP contribution in [0.4, 0.5) is 23.1 Å². The van der Waals surface area contributed by atoms with Crippen molar-refractivity contribution in [3.8, 4) is 0 Å². The Morgan fingerprint density at radius 1 is 0.897 bits per heavy atom. The molecule has 0 saturated carbocycles. The molecule has 0 unspecified atom stereocenters. The standard InChI is InChI=1S/C20H19N5O4/c1-3-29-19(27)14-6-8-15(9-7-14)22-17-12-21-25-20(24-17)23-16-10-4-13(5-11-16)18(26)28-2/h4-12H,3H2,1-2H3,(H2,22,23,24,25). The third-order valence-corrected chi connectivity index (χ3v) is 3.79. The minimum absolute atomic E-state index is 0.281. The van der Waals surface area contributed by atoms with E-state index in [1.165, 1.54) is 13.3 Å². The van der Waals surface area contributed by atoms with Crippen LogP contribution < -0.4 is 10.6 Å². The number of rotatable bonds is 7. The zero-order valence-electron chi connectivity index (χ0n) is 15.9. The van der Waals surface area contributed by atoms with Crippen molar-refractivity contribution in [1.29, 1.82) is 0 Å². The number of hydrogen-bond acceptors (Lipinski definition) is 9. The number of nitrogens with one attached hydrogen (secondary N) is 2. The fourth-order valence-corrected chi connectivity index (χ4v) is 2.41. The number of anilines is 4. The zero-order valence-corrected chi connectivity index (χ0v) is 15.9. The van der Waals surface area contributed by atoms with Crippen molar-refractivity contribution < 1.29 is 19.1 Å². The Balaban J connectivity index is 1.66. The van der Waals surface area contributed by atoms with Gasteiger partial charge in [0.1, 0.15) is 0 Å². The van der Waals surface area contributed by atoms with Crippen LogP contribution in [0.5, 0.6) is 0 Å². The van der Waals surface area contributed by atoms with E-state index >= 15 is 0 Å². The van der Waals surface area contributed by atoms with Crippen LogP contribution in [0.3, 0.4) is 0 Å². The maximum Gasteiger partial charge on any atom is 0.338 e. The SMILES string of the molecule is CCOC(=O)c1ccc(Nc2cnnc(Nc3ccc(C(=O)OC)cc3)n2)cc1. The quantitative estimate of drug-likeness (QED) is 0.583. The molecule has 0 spiro atoms. The monoisotopic (exact) mass is 393 g/mol. The van der Waals surface area contributed by atoms with Crippen molar-refractivity contribution in [2.75, 3.05) is 24.4 Å². The molecule has 3 aromatic rings. The Bertz CT molecular complexity index is 991. The number of hydrogen-bond donors (Lipinski definition) is 2. The number of carbonyl (C=O) groups is 2. The van der Waals surface area contributed by atoms with Crippen molar-refractivity contribution >= 4 is 35.1 Å². The molecule has 0 amide bonds. The molecule has 0 aliphatic carbocycles. The van der Waals surface area contributed by atoms with E-state index in [4.69, 9.17) is 4.74 Å². The van der Waals surface area contributed by atoms with Crippen molar-refractivity contribution in [2.45, 2.75) is 6.92 Å². The van der Waals surface area contributed by atoms with Gasteiger partial charge in [-0.2, -0.15) is 10.1 Å². The van der Waals surface area contributed by atoms with Gasteiger partial charge in [0, 0.05) is 11.4 Å². The summed E-state index contributed by atoms with van der Waals surface area (Å²) in [5, 5.41) is 14.0. The Labute approximate surface area is 167 Å². The maximum absolute atomic E-state index is 11.7. The van der Waals surface area contributed by atoms with Gasteiger partial charge >= 0.3 is 11.9 Å². The second-order valence-corrected chi connectivity index (χ2v) is 5.78. The van der Waals surface area contributed by atoms with Crippen LogP contribution in [0.2, 0.25) is 0 Å². The Kier molecular flexibility index (Phi) is 6.31. The third-order valence-electron chi connectivity index (χ3n) is 3.79. The normalized spacial score (nSPS) is 10.1. The van der Waals surface area contributed by atoms with Gasteiger partial charge in [0.05, 0.1) is 31.0 Å². The fraction of sp³-hybridized carbons (Fsp3) is 0.150. The topological polar surface area (TPSA) is 115 Å². The lowest BCUT2D eigenvalue weighted by Crippen LogP contribution is -2.05. The fourth-order valence-electron chi connectivity index (χ4n) is 2.41. The largest absolute Gasteiger partial charge is 0.465 e. The van der Waals surface area contributed by atoms with Gasteiger partial charge in [-0.1, -0.05) is 0 Å². The number of methoxy groups -OCH3 is 1. The molecule has 0 aliphatic rings. The van der Waals surface area contributed by atoms with Crippen LogP contribution in [-0.2, 0) is 9.47 Å². The molecule has 0 atom stereocenters. The highest BCUT2D eigenvalue weighted by atomic mass is 16.5. The van der Waals surface area contributed by atoms with Gasteiger partial charge in [-0.3, -0.25) is 0 Å². The first-order valence-corrected chi connectivity index (χ1v) is 8.78. The second-order valence-electron chi connectivity index (χ2n) is 5.78. The Morgan fingerprint density at radius 2 is 1.48 bits per heavy atom. The Hall–Kier alpha value is -4.01. The minimum Gasteiger partial charge on any atom is -0.465 e. The molecule has 1 aromatic heterocycles. The summed E-state index contributed by atoms with van der Waals surface area (Å²) in [5.41, 5.74) is 2.33. The van der Waals surface area contributed by atoms with E-state index in [-0.39, 0.29) is 11.9 Å². The van der Waals surface area contributed by atoms with Crippen LogP contribution in [-0.4, -0.2) is 40.8 Å². The van der Waals surface area contributed by atoms with Gasteiger partial charge in [-0.05, 0) is 55.5 Å². The van der Waals surface area contributed by atoms with Crippen LogP contribution in [0.1, 0.15) is 27.6 Å². The number of ether oxygens (including phenoxy) is 2. The molecule has 29 heavy (non-hydrogen) atoms. The van der Waals surface area contributed by atoms with Crippen molar-refractivity contribution in [2.24, 2.45) is 0 Å². The predicted octanol–water partition coefficient (Wildman–Crippen LogP) is 3.32. The van der Waals surface area contributed by atoms with Gasteiger partial charge in [-0.15, -0.1) is 5.10 Å². The second kappa shape index (κ2) is 9.27. The average molecular weight is 393 g/mol. The molecular formula is C20H19N5O4. The number of nitrogens with zero attached hydrogens (tertiary/aromatic N) is 3. The van der Waals surface area contributed by atoms with E-state index in [0.717, 1.165) is 5.69 Å². The first kappa shape index (κ1) is 19.7. The molecule has 0 radical (unpaired) electrons. The summed E-state index contributed by atoms with van der Waals surface area (Å²) in [6, 6.07) is 13.5. The van der Waals surface area contributed by atoms with E-state index in [0.29, 0.717) is 29.2 Å². The van der Waals surface area contributed by atoms with E-state index in [1.54, 1.807) is 55.5 Å². The number of aromatic nitrogens is 3. The highest BCUT2D eigenvalue weighted by molar-refractivity contribution is 5.90. The first-order valence-electron chi connectivity index (χ1n) is 8.78. The summed E-state index contributed by atoms with van der Waals surface area (Å²) in [6.45, 7) is 2.09. The summed E-state index contributed by atoms with van der Waals surface area (Å²) in [7, 11) is 1.33. The minimum atomic E-state index is -0.408. The smallest absolute Gasteiger partial charge is 0.338 e. The zero-order chi connectivity index (χ0) is 20.6. The van der Waals surface area contributed by atoms with Crippen LogP contribution in [0.25, 0.3) is 0 Å². The lowest BCUT2D eigenvalue weighted by atomic mass is 10.2. The molecule has 0 saturated heterocycles. The molecule has 9 heteroatoms. The van der Waals surface area contributed by atoms with Crippen molar-refractivity contribution in [3.05, 3.63) is 65.9 Å². The van der Waals surface area contributed by atoms with Gasteiger partial charge < -0.3 is 20.1 Å². The average Bonchev–Trinajstić information content (AvgIpc) is 2.75. The molecule has 9 nitrogen and oxygen atoms in total. The van der Waals surface area contributed by atoms with Crippen LogP contribution >= 0.6 is 0 Å². The maximum atomic E-state index is 11.7. The highest BCUT2D eigenvalue weighted by Crippen LogP contribution is 2.18. The van der Waals surface area contributed by atoms with Gasteiger partial charge in [0.15, 0.2) is 5.82 Å². The number of benzene rings is 2. The molecule has 0 fully saturated rings. The summed E-state index contributed by atoms with van der Waals surface area (Å²) in [4.78, 5) is 27.5. The lowest BCUT2D eigenvalue weighted by Gasteiger charge is -2.09. The van der Waals surface area contributed by atoms with Gasteiger partial charge in [0.25, 0.3) is 0 Å². The van der Waals surface area contributed by atoms with Gasteiger partial charge in [-0.25, -0.2) is 9.59 Å². The molecular weight excluding hydrogens is 374 g/mol.